The van der Waals surface area contributed by atoms with Crippen LogP contribution in [0.2, 0.25) is 0 Å². The molecule has 3 aromatic rings. The molecule has 0 unspecified atom stereocenters. The van der Waals surface area contributed by atoms with Gasteiger partial charge in [-0.15, -0.1) is 0 Å². The second-order valence-electron chi connectivity index (χ2n) is 8.71. The number of nitrogens with zero attached hydrogens (tertiary/aromatic N) is 1. The molecule has 1 N–H and O–H groups in total. The summed E-state index contributed by atoms with van der Waals surface area (Å²) in [6, 6.07) is 31.8. The van der Waals surface area contributed by atoms with Crippen molar-refractivity contribution in [1.82, 2.24) is 4.90 Å². The highest BCUT2D eigenvalue weighted by Gasteiger charge is 2.52. The van der Waals surface area contributed by atoms with Gasteiger partial charge in [0.2, 0.25) is 0 Å². The minimum absolute atomic E-state index is 0.0808. The Morgan fingerprint density at radius 1 is 0.793 bits per heavy atom. The fraction of sp³-hybridized carbons (Fsp3) is 0.333. The van der Waals surface area contributed by atoms with Crippen molar-refractivity contribution in [3.8, 4) is 0 Å². The maximum atomic E-state index is 12.3. The number of rotatable bonds is 4. The molecule has 0 spiro atoms. The highest BCUT2D eigenvalue weighted by Crippen LogP contribution is 2.55. The number of benzene rings is 3. The van der Waals surface area contributed by atoms with Crippen molar-refractivity contribution in [3.05, 3.63) is 108 Å². The normalized spacial score (nSPS) is 27.8. The fourth-order valence-corrected chi connectivity index (χ4v) is 5.36. The lowest BCUT2D eigenvalue weighted by molar-refractivity contribution is -0.142. The molecule has 1 heterocycles. The SMILES string of the molecule is CC(C)[C@H]1[C@H](c2ccccc2)N(C)[C@H](c2ccccc2)C[C@]1(O)c1ccccc1. The van der Waals surface area contributed by atoms with E-state index in [0.29, 0.717) is 12.3 Å². The van der Waals surface area contributed by atoms with E-state index in [9.17, 15) is 5.11 Å². The molecule has 29 heavy (non-hydrogen) atoms. The molecule has 4 rings (SSSR count). The lowest BCUT2D eigenvalue weighted by Gasteiger charge is -2.55. The van der Waals surface area contributed by atoms with Crippen LogP contribution in [0.15, 0.2) is 91.0 Å². The summed E-state index contributed by atoms with van der Waals surface area (Å²) >= 11 is 0. The summed E-state index contributed by atoms with van der Waals surface area (Å²) in [6.45, 7) is 4.48. The van der Waals surface area contributed by atoms with E-state index in [2.05, 4.69) is 98.6 Å². The van der Waals surface area contributed by atoms with Gasteiger partial charge in [-0.05, 0) is 29.7 Å². The number of aliphatic hydroxyl groups is 1. The van der Waals surface area contributed by atoms with Crippen molar-refractivity contribution in [2.45, 2.75) is 38.0 Å². The summed E-state index contributed by atoms with van der Waals surface area (Å²) < 4.78 is 0. The molecule has 0 amide bonds. The summed E-state index contributed by atoms with van der Waals surface area (Å²) in [4.78, 5) is 2.48. The Balaban J connectivity index is 1.90. The van der Waals surface area contributed by atoms with Crippen LogP contribution < -0.4 is 0 Å². The first-order valence-electron chi connectivity index (χ1n) is 10.6. The van der Waals surface area contributed by atoms with E-state index in [0.717, 1.165) is 5.56 Å². The summed E-state index contributed by atoms with van der Waals surface area (Å²) in [5, 5.41) is 12.3. The highest BCUT2D eigenvalue weighted by molar-refractivity contribution is 5.32. The Bertz CT molecular complexity index is 909. The highest BCUT2D eigenvalue weighted by atomic mass is 16.3. The molecule has 0 saturated carbocycles. The van der Waals surface area contributed by atoms with Gasteiger partial charge in [-0.2, -0.15) is 0 Å². The van der Waals surface area contributed by atoms with Crippen molar-refractivity contribution < 1.29 is 5.11 Å². The van der Waals surface area contributed by atoms with Gasteiger partial charge < -0.3 is 5.11 Å². The molecule has 150 valence electrons. The average molecular weight is 386 g/mol. The second-order valence-corrected chi connectivity index (χ2v) is 8.71. The van der Waals surface area contributed by atoms with Crippen molar-refractivity contribution in [2.75, 3.05) is 7.05 Å². The predicted molar refractivity (Wildman–Crippen MR) is 119 cm³/mol. The first-order valence-corrected chi connectivity index (χ1v) is 10.6. The number of hydrogen-bond donors (Lipinski definition) is 1. The monoisotopic (exact) mass is 385 g/mol. The van der Waals surface area contributed by atoms with Crippen LogP contribution in [-0.4, -0.2) is 17.1 Å². The Kier molecular flexibility index (Phi) is 5.58. The van der Waals surface area contributed by atoms with Crippen LogP contribution in [0.1, 0.15) is 49.0 Å². The molecule has 3 aromatic carbocycles. The third kappa shape index (κ3) is 3.63. The van der Waals surface area contributed by atoms with E-state index >= 15 is 0 Å². The fourth-order valence-electron chi connectivity index (χ4n) is 5.36. The van der Waals surface area contributed by atoms with Gasteiger partial charge in [0.25, 0.3) is 0 Å². The molecule has 1 fully saturated rings. The van der Waals surface area contributed by atoms with Gasteiger partial charge in [0.1, 0.15) is 0 Å². The van der Waals surface area contributed by atoms with Gasteiger partial charge in [-0.3, -0.25) is 4.90 Å². The molecule has 2 nitrogen and oxygen atoms in total. The zero-order valence-electron chi connectivity index (χ0n) is 17.6. The quantitative estimate of drug-likeness (QED) is 0.598. The summed E-state index contributed by atoms with van der Waals surface area (Å²) in [5.41, 5.74) is 2.65. The zero-order chi connectivity index (χ0) is 20.4. The molecule has 0 bridgehead atoms. The molecule has 0 aliphatic carbocycles. The van der Waals surface area contributed by atoms with Crippen molar-refractivity contribution in [3.63, 3.8) is 0 Å². The summed E-state index contributed by atoms with van der Waals surface area (Å²) in [6.07, 6.45) is 0.684. The molecular formula is C27H31NO. The Morgan fingerprint density at radius 3 is 1.79 bits per heavy atom. The maximum absolute atomic E-state index is 12.3. The lowest BCUT2D eigenvalue weighted by atomic mass is 9.63. The van der Waals surface area contributed by atoms with E-state index in [4.69, 9.17) is 0 Å². The van der Waals surface area contributed by atoms with Crippen LogP contribution in [0.25, 0.3) is 0 Å². The number of likely N-dealkylation sites (tertiary alicyclic amines) is 1. The largest absolute Gasteiger partial charge is 0.385 e. The molecular weight excluding hydrogens is 354 g/mol. The summed E-state index contributed by atoms with van der Waals surface area (Å²) in [7, 11) is 2.22. The smallest absolute Gasteiger partial charge is 0.0963 e. The minimum atomic E-state index is -0.900. The van der Waals surface area contributed by atoms with Crippen molar-refractivity contribution in [1.29, 1.82) is 0 Å². The van der Waals surface area contributed by atoms with Crippen LogP contribution in [0.5, 0.6) is 0 Å². The van der Waals surface area contributed by atoms with Gasteiger partial charge in [0.05, 0.1) is 5.60 Å². The standard InChI is InChI=1S/C27H31NO/c1-20(2)25-26(22-15-9-5-10-16-22)28(3)24(21-13-7-4-8-14-21)19-27(25,29)23-17-11-6-12-18-23/h4-18,20,24-26,29H,19H2,1-3H3/t24-,25-,26-,27-/m0/s1. The second kappa shape index (κ2) is 8.14. The van der Waals surface area contributed by atoms with E-state index < -0.39 is 5.60 Å². The molecule has 0 aromatic heterocycles. The van der Waals surface area contributed by atoms with Crippen LogP contribution in [0.3, 0.4) is 0 Å². The predicted octanol–water partition coefficient (Wildman–Crippen LogP) is 5.96. The molecule has 2 heteroatoms. The third-order valence-electron chi connectivity index (χ3n) is 6.64. The van der Waals surface area contributed by atoms with Gasteiger partial charge in [-0.25, -0.2) is 0 Å². The van der Waals surface area contributed by atoms with Gasteiger partial charge in [0.15, 0.2) is 0 Å². The minimum Gasteiger partial charge on any atom is -0.385 e. The lowest BCUT2D eigenvalue weighted by Crippen LogP contribution is -2.53. The first kappa shape index (κ1) is 19.9. The van der Waals surface area contributed by atoms with E-state index in [1.54, 1.807) is 0 Å². The Hall–Kier alpha value is -2.42. The van der Waals surface area contributed by atoms with Crippen LogP contribution in [-0.2, 0) is 5.60 Å². The van der Waals surface area contributed by atoms with Gasteiger partial charge >= 0.3 is 0 Å². The van der Waals surface area contributed by atoms with Gasteiger partial charge in [0, 0.05) is 24.4 Å². The molecule has 1 aliphatic rings. The topological polar surface area (TPSA) is 23.5 Å². The molecule has 0 radical (unpaired) electrons. The van der Waals surface area contributed by atoms with Crippen LogP contribution >= 0.6 is 0 Å². The first-order chi connectivity index (χ1) is 14.0. The van der Waals surface area contributed by atoms with Crippen molar-refractivity contribution in [2.24, 2.45) is 11.8 Å². The molecule has 4 atom stereocenters. The maximum Gasteiger partial charge on any atom is 0.0963 e. The average Bonchev–Trinajstić information content (AvgIpc) is 2.76. The summed E-state index contributed by atoms with van der Waals surface area (Å²) in [5.74, 6) is 0.404. The van der Waals surface area contributed by atoms with E-state index in [1.165, 1.54) is 11.1 Å². The third-order valence-corrected chi connectivity index (χ3v) is 6.64. The van der Waals surface area contributed by atoms with Crippen LogP contribution in [0.4, 0.5) is 0 Å². The Labute approximate surface area is 174 Å². The molecule has 1 aliphatic heterocycles. The number of piperidine rings is 1. The van der Waals surface area contributed by atoms with Crippen molar-refractivity contribution >= 4 is 0 Å². The number of hydrogen-bond acceptors (Lipinski definition) is 2. The molecule has 1 saturated heterocycles. The van der Waals surface area contributed by atoms with Crippen LogP contribution in [0, 0.1) is 11.8 Å². The van der Waals surface area contributed by atoms with Gasteiger partial charge in [-0.1, -0.05) is 105 Å². The zero-order valence-corrected chi connectivity index (χ0v) is 17.6. The Morgan fingerprint density at radius 2 is 1.28 bits per heavy atom. The van der Waals surface area contributed by atoms with E-state index in [-0.39, 0.29) is 18.0 Å². The van der Waals surface area contributed by atoms with E-state index in [1.807, 2.05) is 18.2 Å².